The topological polar surface area (TPSA) is 105 Å². The zero-order chi connectivity index (χ0) is 20.2. The van der Waals surface area contributed by atoms with Gasteiger partial charge in [0.05, 0.1) is 17.6 Å². The second-order valence-electron chi connectivity index (χ2n) is 6.81. The molecule has 0 unspecified atom stereocenters. The average molecular weight is 385 g/mol. The molecular formula is C22H19N5O2. The van der Waals surface area contributed by atoms with Crippen molar-refractivity contribution in [1.29, 1.82) is 5.26 Å². The van der Waals surface area contributed by atoms with E-state index in [2.05, 4.69) is 21.0 Å². The number of amides is 1. The number of carbonyl (C=O) groups is 1. The first-order valence-electron chi connectivity index (χ1n) is 9.40. The van der Waals surface area contributed by atoms with Gasteiger partial charge in [-0.05, 0) is 55.6 Å². The molecule has 1 amide bonds. The smallest absolute Gasteiger partial charge is 0.313 e. The van der Waals surface area contributed by atoms with Gasteiger partial charge in [0, 0.05) is 17.3 Å². The number of nitrogens with zero attached hydrogens (tertiary/aromatic N) is 4. The fraction of sp³-hybridized carbons (Fsp3) is 0.182. The van der Waals surface area contributed by atoms with Crippen molar-refractivity contribution in [2.24, 2.45) is 4.99 Å². The lowest BCUT2D eigenvalue weighted by Crippen LogP contribution is -2.16. The van der Waals surface area contributed by atoms with Crippen LogP contribution in [-0.2, 0) is 0 Å². The molecule has 0 aromatic carbocycles. The predicted molar refractivity (Wildman–Crippen MR) is 108 cm³/mol. The minimum Gasteiger partial charge on any atom is -0.326 e. The molecule has 0 atom stereocenters. The third-order valence-corrected chi connectivity index (χ3v) is 4.89. The van der Waals surface area contributed by atoms with Gasteiger partial charge in [0.15, 0.2) is 5.82 Å². The quantitative estimate of drug-likeness (QED) is 0.803. The van der Waals surface area contributed by atoms with E-state index in [4.69, 9.17) is 5.26 Å². The number of allylic oxidation sites excluding steroid dienone is 10. The minimum absolute atomic E-state index is 0.0328. The Kier molecular flexibility index (Phi) is 5.18. The molecule has 0 saturated heterocycles. The molecule has 0 fully saturated rings. The number of nitriles is 1. The summed E-state index contributed by atoms with van der Waals surface area (Å²) < 4.78 is 0. The first kappa shape index (κ1) is 18.6. The maximum atomic E-state index is 12.6. The van der Waals surface area contributed by atoms with Gasteiger partial charge in [-0.2, -0.15) is 5.26 Å². The van der Waals surface area contributed by atoms with Gasteiger partial charge in [0.2, 0.25) is 0 Å². The Labute approximate surface area is 168 Å². The lowest BCUT2D eigenvalue weighted by molar-refractivity contribution is -0.000833. The van der Waals surface area contributed by atoms with E-state index < -0.39 is 5.91 Å². The van der Waals surface area contributed by atoms with Crippen molar-refractivity contribution < 1.29 is 10.0 Å². The predicted octanol–water partition coefficient (Wildman–Crippen LogP) is 3.89. The van der Waals surface area contributed by atoms with E-state index in [1.54, 1.807) is 18.4 Å². The van der Waals surface area contributed by atoms with Crippen LogP contribution >= 0.6 is 0 Å². The molecule has 2 heterocycles. The molecular weight excluding hydrogens is 366 g/mol. The number of nitrogens with one attached hydrogen (secondary N) is 1. The lowest BCUT2D eigenvalue weighted by atomic mass is 9.86. The van der Waals surface area contributed by atoms with Gasteiger partial charge >= 0.3 is 5.91 Å². The largest absolute Gasteiger partial charge is 0.326 e. The SMILES string of the molecule is N#Cc1cnc(C(=O)N=C2C=C/C(=C3/C=CC=CN3O)C=C2C2=CCCCC2)[nH]1. The van der Waals surface area contributed by atoms with Crippen LogP contribution in [0, 0.1) is 11.3 Å². The highest BCUT2D eigenvalue weighted by molar-refractivity contribution is 6.18. The van der Waals surface area contributed by atoms with Crippen molar-refractivity contribution >= 4 is 11.6 Å². The molecule has 2 N–H and O–H groups in total. The number of hydroxylamine groups is 2. The molecule has 1 aromatic rings. The van der Waals surface area contributed by atoms with Crippen LogP contribution in [-0.4, -0.2) is 31.9 Å². The molecule has 4 rings (SSSR count). The number of imidazole rings is 1. The number of carbonyl (C=O) groups excluding carboxylic acids is 1. The molecule has 1 aromatic heterocycles. The first-order chi connectivity index (χ1) is 14.2. The third kappa shape index (κ3) is 3.93. The van der Waals surface area contributed by atoms with Crippen LogP contribution in [0.4, 0.5) is 0 Å². The van der Waals surface area contributed by atoms with Gasteiger partial charge in [-0.25, -0.2) is 15.0 Å². The fourth-order valence-electron chi connectivity index (χ4n) is 3.44. The third-order valence-electron chi connectivity index (χ3n) is 4.89. The molecule has 2 aliphatic carbocycles. The number of hydrogen-bond donors (Lipinski definition) is 2. The summed E-state index contributed by atoms with van der Waals surface area (Å²) in [6.45, 7) is 0. The first-order valence-corrected chi connectivity index (χ1v) is 9.40. The summed E-state index contributed by atoms with van der Waals surface area (Å²) in [6, 6.07) is 1.91. The van der Waals surface area contributed by atoms with Crippen molar-refractivity contribution in [2.45, 2.75) is 25.7 Å². The molecule has 0 bridgehead atoms. The fourth-order valence-corrected chi connectivity index (χ4v) is 3.44. The van der Waals surface area contributed by atoms with Crippen molar-refractivity contribution in [3.8, 4) is 6.07 Å². The van der Waals surface area contributed by atoms with Crippen molar-refractivity contribution in [3.63, 3.8) is 0 Å². The number of rotatable bonds is 2. The van der Waals surface area contributed by atoms with Gasteiger partial charge in [0.1, 0.15) is 11.8 Å². The van der Waals surface area contributed by atoms with Gasteiger partial charge in [-0.3, -0.25) is 10.0 Å². The van der Waals surface area contributed by atoms with Crippen molar-refractivity contribution in [3.05, 3.63) is 88.9 Å². The average Bonchev–Trinajstić information content (AvgIpc) is 3.25. The van der Waals surface area contributed by atoms with E-state index >= 15 is 0 Å². The summed E-state index contributed by atoms with van der Waals surface area (Å²) in [7, 11) is 0. The normalized spacial score (nSPS) is 22.5. The summed E-state index contributed by atoms with van der Waals surface area (Å²) in [5.41, 5.74) is 4.24. The van der Waals surface area contributed by atoms with E-state index in [1.165, 1.54) is 6.20 Å². The number of aromatic nitrogens is 2. The highest BCUT2D eigenvalue weighted by atomic mass is 16.5. The standard InChI is InChI=1S/C22H19N5O2/c23-13-17-14-24-21(25-17)22(28)26-19-10-9-16(20-8-4-5-11-27(20)29)12-18(19)15-6-2-1-3-7-15/h4-6,8-12,14,29H,1-3,7H2,(H,24,25)/b20-16+,26-19?. The summed E-state index contributed by atoms with van der Waals surface area (Å²) in [5.74, 6) is -0.501. The Morgan fingerprint density at radius 2 is 2.17 bits per heavy atom. The number of aliphatic imine (C=N–C) groups is 1. The summed E-state index contributed by atoms with van der Waals surface area (Å²) >= 11 is 0. The molecule has 7 heteroatoms. The molecule has 7 nitrogen and oxygen atoms in total. The molecule has 0 saturated carbocycles. The van der Waals surface area contributed by atoms with Crippen LogP contribution in [0.1, 0.15) is 42.0 Å². The number of H-pyrrole nitrogens is 1. The highest BCUT2D eigenvalue weighted by Crippen LogP contribution is 2.30. The van der Waals surface area contributed by atoms with Gasteiger partial charge in [0.25, 0.3) is 0 Å². The second kappa shape index (κ2) is 8.09. The van der Waals surface area contributed by atoms with Crippen molar-refractivity contribution in [1.82, 2.24) is 15.0 Å². The summed E-state index contributed by atoms with van der Waals surface area (Å²) in [4.78, 5) is 23.4. The Hall–Kier alpha value is -3.76. The summed E-state index contributed by atoms with van der Waals surface area (Å²) in [5, 5.41) is 20.1. The summed E-state index contributed by atoms with van der Waals surface area (Å²) in [6.07, 6.45) is 20.2. The van der Waals surface area contributed by atoms with E-state index in [-0.39, 0.29) is 11.5 Å². The zero-order valence-corrected chi connectivity index (χ0v) is 15.7. The minimum atomic E-state index is -0.533. The highest BCUT2D eigenvalue weighted by Gasteiger charge is 2.20. The molecule has 0 radical (unpaired) electrons. The van der Waals surface area contributed by atoms with E-state index in [0.717, 1.165) is 47.5 Å². The van der Waals surface area contributed by atoms with Gasteiger partial charge in [-0.1, -0.05) is 18.2 Å². The van der Waals surface area contributed by atoms with Crippen LogP contribution < -0.4 is 0 Å². The van der Waals surface area contributed by atoms with Gasteiger partial charge < -0.3 is 4.98 Å². The lowest BCUT2D eigenvalue weighted by Gasteiger charge is -2.22. The monoisotopic (exact) mass is 385 g/mol. The molecule has 29 heavy (non-hydrogen) atoms. The van der Waals surface area contributed by atoms with E-state index in [1.807, 2.05) is 30.4 Å². The maximum Gasteiger partial charge on any atom is 0.313 e. The van der Waals surface area contributed by atoms with Crippen LogP contribution in [0.25, 0.3) is 0 Å². The van der Waals surface area contributed by atoms with Gasteiger partial charge in [-0.15, -0.1) is 0 Å². The number of aromatic amines is 1. The van der Waals surface area contributed by atoms with Crippen LogP contribution in [0.15, 0.2) is 82.3 Å². The van der Waals surface area contributed by atoms with Crippen molar-refractivity contribution in [2.75, 3.05) is 0 Å². The Morgan fingerprint density at radius 1 is 1.28 bits per heavy atom. The van der Waals surface area contributed by atoms with Crippen LogP contribution in [0.3, 0.4) is 0 Å². The Balaban J connectivity index is 1.74. The van der Waals surface area contributed by atoms with Crippen LogP contribution in [0.5, 0.6) is 0 Å². The molecule has 3 aliphatic rings. The zero-order valence-electron chi connectivity index (χ0n) is 15.7. The maximum absolute atomic E-state index is 12.6. The number of hydrogen-bond acceptors (Lipinski definition) is 5. The molecule has 144 valence electrons. The Morgan fingerprint density at radius 3 is 2.90 bits per heavy atom. The molecule has 0 spiro atoms. The van der Waals surface area contributed by atoms with Crippen LogP contribution in [0.2, 0.25) is 0 Å². The second-order valence-corrected chi connectivity index (χ2v) is 6.81. The Bertz CT molecular complexity index is 1100. The van der Waals surface area contributed by atoms with E-state index in [0.29, 0.717) is 11.4 Å². The molecule has 1 aliphatic heterocycles. The van der Waals surface area contributed by atoms with E-state index in [9.17, 15) is 10.0 Å².